The van der Waals surface area contributed by atoms with Crippen LogP contribution in [0, 0.1) is 17.7 Å². The number of benzene rings is 1. The van der Waals surface area contributed by atoms with Crippen LogP contribution < -0.4 is 5.32 Å². The highest BCUT2D eigenvalue weighted by atomic mass is 19.1. The Morgan fingerprint density at radius 3 is 2.83 bits per heavy atom. The molecular weight excluding hydrogens is 225 g/mol. The van der Waals surface area contributed by atoms with Gasteiger partial charge in [0.2, 0.25) is 0 Å². The van der Waals surface area contributed by atoms with Crippen molar-refractivity contribution in [3.8, 4) is 0 Å². The van der Waals surface area contributed by atoms with Crippen LogP contribution in [0.3, 0.4) is 0 Å². The van der Waals surface area contributed by atoms with E-state index in [1.54, 1.807) is 6.07 Å². The molecule has 18 heavy (non-hydrogen) atoms. The molecule has 0 radical (unpaired) electrons. The average Bonchev–Trinajstić information content (AvgIpc) is 2.30. The molecule has 0 saturated heterocycles. The van der Waals surface area contributed by atoms with Gasteiger partial charge in [-0.15, -0.1) is 0 Å². The summed E-state index contributed by atoms with van der Waals surface area (Å²) in [6.45, 7) is 6.86. The van der Waals surface area contributed by atoms with Gasteiger partial charge < -0.3 is 5.32 Å². The number of halogens is 1. The van der Waals surface area contributed by atoms with E-state index in [-0.39, 0.29) is 11.2 Å². The van der Waals surface area contributed by atoms with Gasteiger partial charge in [-0.25, -0.2) is 4.39 Å². The van der Waals surface area contributed by atoms with E-state index in [4.69, 9.17) is 0 Å². The molecule has 1 fully saturated rings. The van der Waals surface area contributed by atoms with Crippen LogP contribution in [0.25, 0.3) is 0 Å². The summed E-state index contributed by atoms with van der Waals surface area (Å²) < 4.78 is 14.0. The Morgan fingerprint density at radius 1 is 1.28 bits per heavy atom. The summed E-state index contributed by atoms with van der Waals surface area (Å²) in [5.41, 5.74) is 1.98. The van der Waals surface area contributed by atoms with Gasteiger partial charge in [-0.05, 0) is 41.7 Å². The summed E-state index contributed by atoms with van der Waals surface area (Å²) in [4.78, 5) is 0. The van der Waals surface area contributed by atoms with Crippen molar-refractivity contribution in [2.75, 3.05) is 5.32 Å². The van der Waals surface area contributed by atoms with E-state index in [1.807, 2.05) is 6.07 Å². The van der Waals surface area contributed by atoms with Gasteiger partial charge in [0.05, 0.1) is 5.69 Å². The van der Waals surface area contributed by atoms with Crippen molar-refractivity contribution in [2.45, 2.75) is 51.5 Å². The molecule has 0 unspecified atom stereocenters. The minimum atomic E-state index is -0.0998. The fourth-order valence-electron chi connectivity index (χ4n) is 4.00. The van der Waals surface area contributed by atoms with Gasteiger partial charge in [-0.2, -0.15) is 0 Å². The zero-order chi connectivity index (χ0) is 12.9. The average molecular weight is 247 g/mol. The van der Waals surface area contributed by atoms with Crippen LogP contribution in [0.4, 0.5) is 10.1 Å². The summed E-state index contributed by atoms with van der Waals surface area (Å²) in [6.07, 6.45) is 3.72. The van der Waals surface area contributed by atoms with E-state index in [0.29, 0.717) is 12.0 Å². The fraction of sp³-hybridized carbons (Fsp3) is 0.625. The van der Waals surface area contributed by atoms with Crippen molar-refractivity contribution < 1.29 is 4.39 Å². The molecule has 3 atom stereocenters. The standard InChI is InChI=1S/C16H22FN/c1-10-7-8-11-14(9-10)18-15-12(16(11,2)3)5-4-6-13(15)17/h4-6,10-11,14,18H,7-9H2,1-3H3/t10-,11-,14+/m1/s1. The number of rotatable bonds is 0. The molecule has 98 valence electrons. The van der Waals surface area contributed by atoms with E-state index in [2.05, 4.69) is 32.2 Å². The molecule has 1 aliphatic heterocycles. The first-order valence-electron chi connectivity index (χ1n) is 7.05. The van der Waals surface area contributed by atoms with Crippen LogP contribution in [0.5, 0.6) is 0 Å². The van der Waals surface area contributed by atoms with Crippen LogP contribution in [0.15, 0.2) is 18.2 Å². The number of hydrogen-bond donors (Lipinski definition) is 1. The second-order valence-electron chi connectivity index (χ2n) is 6.66. The first kappa shape index (κ1) is 12.0. The Labute approximate surface area is 109 Å². The highest BCUT2D eigenvalue weighted by molar-refractivity contribution is 5.59. The smallest absolute Gasteiger partial charge is 0.146 e. The molecule has 0 bridgehead atoms. The Balaban J connectivity index is 2.07. The van der Waals surface area contributed by atoms with E-state index in [9.17, 15) is 4.39 Å². The summed E-state index contributed by atoms with van der Waals surface area (Å²) >= 11 is 0. The third kappa shape index (κ3) is 1.65. The zero-order valence-electron chi connectivity index (χ0n) is 11.5. The molecule has 0 spiro atoms. The maximum Gasteiger partial charge on any atom is 0.146 e. The zero-order valence-corrected chi connectivity index (χ0v) is 11.5. The van der Waals surface area contributed by atoms with Gasteiger partial charge in [0.15, 0.2) is 0 Å². The quantitative estimate of drug-likeness (QED) is 0.719. The predicted octanol–water partition coefficient (Wildman–Crippen LogP) is 4.33. The number of para-hydroxylation sites is 1. The van der Waals surface area contributed by atoms with E-state index >= 15 is 0 Å². The third-order valence-corrected chi connectivity index (χ3v) is 5.08. The minimum Gasteiger partial charge on any atom is -0.379 e. The van der Waals surface area contributed by atoms with Crippen LogP contribution in [0.2, 0.25) is 0 Å². The molecule has 0 amide bonds. The van der Waals surface area contributed by atoms with Crippen molar-refractivity contribution in [3.05, 3.63) is 29.6 Å². The summed E-state index contributed by atoms with van der Waals surface area (Å²) in [7, 11) is 0. The van der Waals surface area contributed by atoms with Crippen LogP contribution in [-0.2, 0) is 5.41 Å². The predicted molar refractivity (Wildman–Crippen MR) is 73.3 cm³/mol. The van der Waals surface area contributed by atoms with Crippen molar-refractivity contribution >= 4 is 5.69 Å². The van der Waals surface area contributed by atoms with E-state index < -0.39 is 0 Å². The fourth-order valence-corrected chi connectivity index (χ4v) is 4.00. The topological polar surface area (TPSA) is 12.0 Å². The molecule has 1 saturated carbocycles. The molecule has 1 aromatic carbocycles. The molecule has 3 rings (SSSR count). The highest BCUT2D eigenvalue weighted by Gasteiger charge is 2.45. The number of hydrogen-bond acceptors (Lipinski definition) is 1. The Hall–Kier alpha value is -1.05. The molecule has 2 aliphatic rings. The number of fused-ring (bicyclic) bond motifs is 2. The largest absolute Gasteiger partial charge is 0.379 e. The monoisotopic (exact) mass is 247 g/mol. The first-order chi connectivity index (χ1) is 8.50. The lowest BCUT2D eigenvalue weighted by Crippen LogP contribution is -2.49. The Bertz CT molecular complexity index is 466. The SMILES string of the molecule is C[C@@H]1CC[C@@H]2[C@H](C1)Nc1c(F)cccc1C2(C)C. The van der Waals surface area contributed by atoms with Crippen molar-refractivity contribution in [2.24, 2.45) is 11.8 Å². The van der Waals surface area contributed by atoms with Gasteiger partial charge in [-0.3, -0.25) is 0 Å². The normalized spacial score (nSPS) is 33.2. The third-order valence-electron chi connectivity index (χ3n) is 5.08. The molecule has 1 aromatic rings. The van der Waals surface area contributed by atoms with Crippen LogP contribution in [0.1, 0.15) is 45.6 Å². The Morgan fingerprint density at radius 2 is 2.06 bits per heavy atom. The summed E-state index contributed by atoms with van der Waals surface area (Å²) in [6, 6.07) is 5.92. The van der Waals surface area contributed by atoms with E-state index in [1.165, 1.54) is 19.3 Å². The minimum absolute atomic E-state index is 0.0769. The highest BCUT2D eigenvalue weighted by Crippen LogP contribution is 2.49. The number of nitrogens with one attached hydrogen (secondary N) is 1. The maximum absolute atomic E-state index is 14.0. The maximum atomic E-state index is 14.0. The molecule has 1 heterocycles. The second kappa shape index (κ2) is 3.97. The first-order valence-corrected chi connectivity index (χ1v) is 7.05. The van der Waals surface area contributed by atoms with Crippen molar-refractivity contribution in [3.63, 3.8) is 0 Å². The van der Waals surface area contributed by atoms with Crippen molar-refractivity contribution in [1.29, 1.82) is 0 Å². The molecule has 1 N–H and O–H groups in total. The Kier molecular flexibility index (Phi) is 2.65. The molecular formula is C16H22FN. The van der Waals surface area contributed by atoms with Gasteiger partial charge in [0.1, 0.15) is 5.82 Å². The molecule has 2 heteroatoms. The lowest BCUT2D eigenvalue weighted by Gasteiger charge is -2.49. The summed E-state index contributed by atoms with van der Waals surface area (Å²) in [5.74, 6) is 1.28. The molecule has 0 aromatic heterocycles. The molecule has 1 nitrogen and oxygen atoms in total. The lowest BCUT2D eigenvalue weighted by molar-refractivity contribution is 0.173. The van der Waals surface area contributed by atoms with E-state index in [0.717, 1.165) is 17.2 Å². The van der Waals surface area contributed by atoms with Crippen LogP contribution in [-0.4, -0.2) is 6.04 Å². The van der Waals surface area contributed by atoms with Gasteiger partial charge in [0.25, 0.3) is 0 Å². The van der Waals surface area contributed by atoms with Gasteiger partial charge in [0, 0.05) is 6.04 Å². The second-order valence-corrected chi connectivity index (χ2v) is 6.66. The van der Waals surface area contributed by atoms with Crippen molar-refractivity contribution in [1.82, 2.24) is 0 Å². The lowest BCUT2D eigenvalue weighted by atomic mass is 9.61. The molecule has 1 aliphatic carbocycles. The summed E-state index contributed by atoms with van der Waals surface area (Å²) in [5, 5.41) is 3.48. The van der Waals surface area contributed by atoms with Gasteiger partial charge >= 0.3 is 0 Å². The number of anilines is 1. The van der Waals surface area contributed by atoms with Crippen LogP contribution >= 0.6 is 0 Å². The van der Waals surface area contributed by atoms with Gasteiger partial charge in [-0.1, -0.05) is 39.3 Å².